The van der Waals surface area contributed by atoms with Crippen molar-refractivity contribution in [1.29, 1.82) is 0 Å². The number of nitrogens with zero attached hydrogens (tertiary/aromatic N) is 3. The summed E-state index contributed by atoms with van der Waals surface area (Å²) in [5.41, 5.74) is 0.815. The summed E-state index contributed by atoms with van der Waals surface area (Å²) in [4.78, 5) is 26.4. The van der Waals surface area contributed by atoms with Gasteiger partial charge in [-0.2, -0.15) is 15.0 Å². The van der Waals surface area contributed by atoms with Gasteiger partial charge in [-0.05, 0) is 31.9 Å². The van der Waals surface area contributed by atoms with Gasteiger partial charge in [-0.15, -0.1) is 0 Å². The van der Waals surface area contributed by atoms with E-state index >= 15 is 0 Å². The van der Waals surface area contributed by atoms with Crippen molar-refractivity contribution in [3.8, 4) is 5.75 Å². The third kappa shape index (κ3) is 4.19. The van der Waals surface area contributed by atoms with Crippen molar-refractivity contribution in [1.82, 2.24) is 15.0 Å². The molecule has 28 heavy (non-hydrogen) atoms. The molecule has 1 aliphatic rings. The molecule has 0 spiro atoms. The Balaban J connectivity index is 1.95. The molecule has 9 heteroatoms. The predicted molar refractivity (Wildman–Crippen MR) is 101 cm³/mol. The van der Waals surface area contributed by atoms with E-state index in [1.807, 2.05) is 0 Å². The maximum Gasteiger partial charge on any atom is 0.196 e. The Labute approximate surface area is 163 Å². The topological polar surface area (TPSA) is 108 Å². The van der Waals surface area contributed by atoms with Gasteiger partial charge in [-0.1, -0.05) is 6.08 Å². The van der Waals surface area contributed by atoms with E-state index in [1.165, 1.54) is 29.3 Å². The quantitative estimate of drug-likeness (QED) is 0.513. The number of hydrogen-bond donors (Lipinski definition) is 0. The number of allylic oxidation sites excluding steroid dienone is 2. The van der Waals surface area contributed by atoms with Crippen molar-refractivity contribution in [2.45, 2.75) is 37.6 Å². The van der Waals surface area contributed by atoms with E-state index in [4.69, 9.17) is 4.74 Å². The van der Waals surface area contributed by atoms with Crippen molar-refractivity contribution < 1.29 is 22.7 Å². The molecular weight excluding hydrogens is 382 g/mol. The molecule has 3 rings (SSSR count). The molecule has 1 aromatic heterocycles. The summed E-state index contributed by atoms with van der Waals surface area (Å²) < 4.78 is 30.1. The van der Waals surface area contributed by atoms with Crippen LogP contribution >= 0.6 is 0 Å². The second-order valence-electron chi connectivity index (χ2n) is 6.57. The van der Waals surface area contributed by atoms with Gasteiger partial charge in [0.2, 0.25) is 0 Å². The van der Waals surface area contributed by atoms with Crippen molar-refractivity contribution in [3.63, 3.8) is 0 Å². The normalized spacial score (nSPS) is 14.6. The van der Waals surface area contributed by atoms with E-state index in [0.29, 0.717) is 24.9 Å². The lowest BCUT2D eigenvalue weighted by Gasteiger charge is -2.17. The fraction of sp³-hybridized carbons (Fsp3) is 0.368. The first-order valence-electron chi connectivity index (χ1n) is 8.87. The summed E-state index contributed by atoms with van der Waals surface area (Å²) >= 11 is 0. The smallest absolute Gasteiger partial charge is 0.196 e. The molecule has 0 amide bonds. The first kappa shape index (κ1) is 19.9. The fourth-order valence-corrected chi connectivity index (χ4v) is 3.96. The molecule has 0 saturated heterocycles. The molecule has 1 aliphatic carbocycles. The Morgan fingerprint density at radius 3 is 2.61 bits per heavy atom. The molecule has 0 radical (unpaired) electrons. The van der Waals surface area contributed by atoms with Gasteiger partial charge >= 0.3 is 0 Å². The van der Waals surface area contributed by atoms with Crippen molar-refractivity contribution >= 4 is 21.4 Å². The van der Waals surface area contributed by atoms with Crippen LogP contribution in [0.1, 0.15) is 35.2 Å². The first-order valence-corrected chi connectivity index (χ1v) is 10.8. The average molecular weight is 403 g/mol. The Morgan fingerprint density at radius 2 is 1.96 bits per heavy atom. The number of ketones is 2. The summed E-state index contributed by atoms with van der Waals surface area (Å²) in [5.74, 6) is -0.472. The molecule has 1 heterocycles. The van der Waals surface area contributed by atoms with Crippen LogP contribution in [0.3, 0.4) is 0 Å². The van der Waals surface area contributed by atoms with Gasteiger partial charge in [0.05, 0.1) is 24.5 Å². The summed E-state index contributed by atoms with van der Waals surface area (Å²) in [5, 5.41) is 7.93. The second-order valence-corrected chi connectivity index (χ2v) is 8.56. The van der Waals surface area contributed by atoms with E-state index in [1.54, 1.807) is 13.0 Å². The highest BCUT2D eigenvalue weighted by Gasteiger charge is 2.26. The highest BCUT2D eigenvalue weighted by Crippen LogP contribution is 2.32. The zero-order valence-electron chi connectivity index (χ0n) is 15.7. The lowest BCUT2D eigenvalue weighted by Crippen LogP contribution is -2.18. The number of carbonyl (C=O) groups excluding carboxylic acids is 2. The first-order chi connectivity index (χ1) is 13.3. The Hall–Kier alpha value is -2.81. The highest BCUT2D eigenvalue weighted by atomic mass is 32.2. The third-order valence-corrected chi connectivity index (χ3v) is 5.64. The summed E-state index contributed by atoms with van der Waals surface area (Å²) in [6, 6.07) is 2.80. The Morgan fingerprint density at radius 1 is 1.25 bits per heavy atom. The van der Waals surface area contributed by atoms with Gasteiger partial charge in [-0.25, -0.2) is 8.42 Å². The molecule has 148 valence electrons. The van der Waals surface area contributed by atoms with Crippen LogP contribution in [0.5, 0.6) is 5.75 Å². The third-order valence-electron chi connectivity index (χ3n) is 4.52. The standard InChI is InChI=1S/C19H21N3O5S/c1-13-14(18(24)15-5-3-4-6-16(15)23)7-8-17(28(2,25)26)19(13)27-12-11-22-20-9-10-21-22/h5,7-10H,3-4,6,11-12H2,1-2H3. The van der Waals surface area contributed by atoms with Gasteiger partial charge in [0.1, 0.15) is 17.3 Å². The molecule has 0 atom stereocenters. The lowest BCUT2D eigenvalue weighted by molar-refractivity contribution is -0.115. The van der Waals surface area contributed by atoms with Crippen LogP contribution < -0.4 is 4.74 Å². The number of sulfone groups is 1. The lowest BCUT2D eigenvalue weighted by atomic mass is 9.90. The molecule has 0 aliphatic heterocycles. The predicted octanol–water partition coefficient (Wildman–Crippen LogP) is 1.93. The van der Waals surface area contributed by atoms with Crippen LogP contribution in [0.2, 0.25) is 0 Å². The number of carbonyl (C=O) groups is 2. The molecule has 8 nitrogen and oxygen atoms in total. The van der Waals surface area contributed by atoms with Gasteiger partial charge in [0.15, 0.2) is 21.4 Å². The number of benzene rings is 1. The zero-order chi connectivity index (χ0) is 20.3. The molecule has 1 aromatic carbocycles. The summed E-state index contributed by atoms with van der Waals surface area (Å²) in [7, 11) is -3.57. The number of rotatable bonds is 7. The number of hydrogen-bond acceptors (Lipinski definition) is 7. The van der Waals surface area contributed by atoms with Crippen molar-refractivity contribution in [2.75, 3.05) is 12.9 Å². The minimum atomic E-state index is -3.57. The fourth-order valence-electron chi connectivity index (χ4n) is 3.09. The number of Topliss-reactive ketones (excluding diaryl/α,β-unsaturated/α-hetero) is 2. The minimum absolute atomic E-state index is 0.000996. The van der Waals surface area contributed by atoms with Gasteiger partial charge < -0.3 is 4.74 Å². The second kappa shape index (κ2) is 8.05. The SMILES string of the molecule is Cc1c(C(=O)C2=CCCCC2=O)ccc(S(C)(=O)=O)c1OCCn1nccn1. The van der Waals surface area contributed by atoms with Crippen LogP contribution in [0.25, 0.3) is 0 Å². The molecule has 0 saturated carbocycles. The van der Waals surface area contributed by atoms with Crippen LogP contribution in [0.4, 0.5) is 0 Å². The van der Waals surface area contributed by atoms with Crippen molar-refractivity contribution in [2.24, 2.45) is 0 Å². The van der Waals surface area contributed by atoms with Gasteiger partial charge in [0, 0.05) is 23.8 Å². The molecule has 0 fully saturated rings. The monoisotopic (exact) mass is 403 g/mol. The van der Waals surface area contributed by atoms with E-state index in [2.05, 4.69) is 10.2 Å². The maximum atomic E-state index is 12.9. The van der Waals surface area contributed by atoms with E-state index in [9.17, 15) is 18.0 Å². The van der Waals surface area contributed by atoms with E-state index in [-0.39, 0.29) is 34.2 Å². The average Bonchev–Trinajstić information content (AvgIpc) is 3.15. The molecule has 2 aromatic rings. The number of aromatic nitrogens is 3. The van der Waals surface area contributed by atoms with Crippen LogP contribution in [-0.2, 0) is 21.2 Å². The maximum absolute atomic E-state index is 12.9. The molecule has 0 unspecified atom stereocenters. The zero-order valence-corrected chi connectivity index (χ0v) is 16.5. The van der Waals surface area contributed by atoms with Crippen LogP contribution in [-0.4, -0.2) is 47.8 Å². The summed E-state index contributed by atoms with van der Waals surface area (Å²) in [6.07, 6.45) is 7.55. The highest BCUT2D eigenvalue weighted by molar-refractivity contribution is 7.90. The largest absolute Gasteiger partial charge is 0.490 e. The number of ether oxygens (including phenoxy) is 1. The van der Waals surface area contributed by atoms with Gasteiger partial charge in [0.25, 0.3) is 0 Å². The van der Waals surface area contributed by atoms with Gasteiger partial charge in [-0.3, -0.25) is 9.59 Å². The molecular formula is C19H21N3O5S. The Kier molecular flexibility index (Phi) is 5.73. The van der Waals surface area contributed by atoms with Crippen molar-refractivity contribution in [3.05, 3.63) is 47.3 Å². The summed E-state index contributed by atoms with van der Waals surface area (Å²) in [6.45, 7) is 2.06. The Bertz CT molecular complexity index is 1040. The molecule has 0 bridgehead atoms. The minimum Gasteiger partial charge on any atom is -0.490 e. The van der Waals surface area contributed by atoms with Crippen LogP contribution in [0, 0.1) is 6.92 Å². The van der Waals surface area contributed by atoms with Crippen LogP contribution in [0.15, 0.2) is 41.1 Å². The molecule has 0 N–H and O–H groups in total. The van der Waals surface area contributed by atoms with E-state index < -0.39 is 15.6 Å². The van der Waals surface area contributed by atoms with E-state index in [0.717, 1.165) is 12.7 Å².